The van der Waals surface area contributed by atoms with Gasteiger partial charge in [-0.25, -0.2) is 13.2 Å². The van der Waals surface area contributed by atoms with Crippen molar-refractivity contribution in [3.05, 3.63) is 35.4 Å². The van der Waals surface area contributed by atoms with Crippen molar-refractivity contribution >= 4 is 16.5 Å². The molecule has 104 valence electrons. The molecule has 0 unspecified atom stereocenters. The van der Waals surface area contributed by atoms with E-state index in [9.17, 15) is 13.2 Å². The average Bonchev–Trinajstić information content (AvgIpc) is 2.37. The molecular formula is C14H16F3NO. The number of halogens is 3. The second kappa shape index (κ2) is 6.31. The Bertz CT molecular complexity index is 585. The number of benzene rings is 2. The van der Waals surface area contributed by atoms with Gasteiger partial charge < -0.3 is 10.5 Å². The van der Waals surface area contributed by atoms with Gasteiger partial charge in [-0.15, -0.1) is 0 Å². The zero-order chi connectivity index (χ0) is 14.6. The summed E-state index contributed by atoms with van der Waals surface area (Å²) in [5.74, 6) is -1.97. The van der Waals surface area contributed by atoms with Crippen LogP contribution in [-0.2, 0) is 0 Å². The van der Waals surface area contributed by atoms with Crippen LogP contribution < -0.4 is 10.5 Å². The van der Waals surface area contributed by atoms with Crippen LogP contribution in [0, 0.1) is 18.6 Å². The lowest BCUT2D eigenvalue weighted by Crippen LogP contribution is -1.99. The number of ether oxygens (including phenoxy) is 1. The first-order valence-corrected chi connectivity index (χ1v) is 5.91. The van der Waals surface area contributed by atoms with Crippen molar-refractivity contribution in [1.82, 2.24) is 0 Å². The van der Waals surface area contributed by atoms with Crippen LogP contribution in [0.25, 0.3) is 10.8 Å². The van der Waals surface area contributed by atoms with Gasteiger partial charge in [0.2, 0.25) is 6.86 Å². The third-order valence-electron chi connectivity index (χ3n) is 2.51. The van der Waals surface area contributed by atoms with E-state index in [4.69, 9.17) is 5.73 Å². The summed E-state index contributed by atoms with van der Waals surface area (Å²) in [6, 6.07) is 3.57. The van der Waals surface area contributed by atoms with Gasteiger partial charge in [0.05, 0.1) is 0 Å². The molecule has 2 N–H and O–H groups in total. The molecule has 2 aromatic carbocycles. The zero-order valence-electron chi connectivity index (χ0n) is 11.1. The second-order valence-electron chi connectivity index (χ2n) is 3.68. The number of hydrogen-bond donors (Lipinski definition) is 1. The summed E-state index contributed by atoms with van der Waals surface area (Å²) in [4.78, 5) is 0. The first-order chi connectivity index (χ1) is 9.04. The van der Waals surface area contributed by atoms with Crippen LogP contribution in [0.3, 0.4) is 0 Å². The van der Waals surface area contributed by atoms with Crippen LogP contribution >= 0.6 is 0 Å². The monoisotopic (exact) mass is 271 g/mol. The number of nitrogens with two attached hydrogens (primary N) is 1. The van der Waals surface area contributed by atoms with Crippen LogP contribution in [0.1, 0.15) is 19.4 Å². The molecule has 0 aromatic heterocycles. The van der Waals surface area contributed by atoms with Gasteiger partial charge in [0.25, 0.3) is 0 Å². The topological polar surface area (TPSA) is 35.2 Å². The summed E-state index contributed by atoms with van der Waals surface area (Å²) in [6.07, 6.45) is 0. The lowest BCUT2D eigenvalue weighted by molar-refractivity contribution is 0.186. The summed E-state index contributed by atoms with van der Waals surface area (Å²) in [5.41, 5.74) is 6.46. The summed E-state index contributed by atoms with van der Waals surface area (Å²) >= 11 is 0. The molecule has 19 heavy (non-hydrogen) atoms. The second-order valence-corrected chi connectivity index (χ2v) is 3.68. The van der Waals surface area contributed by atoms with Gasteiger partial charge in [-0.05, 0) is 24.6 Å². The molecule has 2 aromatic rings. The van der Waals surface area contributed by atoms with Crippen molar-refractivity contribution < 1.29 is 17.9 Å². The Kier molecular flexibility index (Phi) is 5.03. The van der Waals surface area contributed by atoms with Gasteiger partial charge in [0.15, 0.2) is 11.6 Å². The van der Waals surface area contributed by atoms with E-state index in [1.54, 1.807) is 13.0 Å². The van der Waals surface area contributed by atoms with Crippen LogP contribution in [0.15, 0.2) is 18.2 Å². The highest BCUT2D eigenvalue weighted by molar-refractivity contribution is 5.94. The molecule has 0 aliphatic heterocycles. The van der Waals surface area contributed by atoms with E-state index in [2.05, 4.69) is 4.74 Å². The SMILES string of the molecule is CC.Cc1cc(N)cc2c(F)cc(F)c(OCF)c12. The minimum atomic E-state index is -1.18. The third kappa shape index (κ3) is 2.92. The summed E-state index contributed by atoms with van der Waals surface area (Å²) in [7, 11) is 0. The number of fused-ring (bicyclic) bond motifs is 1. The maximum atomic E-state index is 13.6. The largest absolute Gasteiger partial charge is 0.459 e. The number of nitrogen functional groups attached to an aromatic ring is 1. The Balaban J connectivity index is 0.000000861. The van der Waals surface area contributed by atoms with Crippen LogP contribution in [-0.4, -0.2) is 6.86 Å². The summed E-state index contributed by atoms with van der Waals surface area (Å²) < 4.78 is 43.8. The maximum absolute atomic E-state index is 13.6. The minimum Gasteiger partial charge on any atom is -0.459 e. The number of anilines is 1. The molecular weight excluding hydrogens is 255 g/mol. The number of alkyl halides is 1. The Morgan fingerprint density at radius 1 is 1.11 bits per heavy atom. The molecule has 0 saturated heterocycles. The lowest BCUT2D eigenvalue weighted by atomic mass is 10.0. The van der Waals surface area contributed by atoms with Crippen molar-refractivity contribution in [2.24, 2.45) is 0 Å². The fourth-order valence-corrected chi connectivity index (χ4v) is 1.87. The molecule has 0 radical (unpaired) electrons. The molecule has 0 bridgehead atoms. The first kappa shape index (κ1) is 15.1. The molecule has 0 amide bonds. The number of rotatable bonds is 2. The maximum Gasteiger partial charge on any atom is 0.228 e. The Labute approximate surface area is 110 Å². The van der Waals surface area contributed by atoms with E-state index in [0.717, 1.165) is 0 Å². The summed E-state index contributed by atoms with van der Waals surface area (Å²) in [6.45, 7) is 4.45. The van der Waals surface area contributed by atoms with Gasteiger partial charge in [0, 0.05) is 22.5 Å². The number of aryl methyl sites for hydroxylation is 1. The van der Waals surface area contributed by atoms with Crippen LogP contribution in [0.2, 0.25) is 0 Å². The first-order valence-electron chi connectivity index (χ1n) is 5.91. The van der Waals surface area contributed by atoms with E-state index < -0.39 is 18.5 Å². The average molecular weight is 271 g/mol. The molecule has 0 atom stereocenters. The van der Waals surface area contributed by atoms with Gasteiger partial charge >= 0.3 is 0 Å². The molecule has 5 heteroatoms. The van der Waals surface area contributed by atoms with E-state index in [-0.39, 0.29) is 16.5 Å². The van der Waals surface area contributed by atoms with Crippen LogP contribution in [0.5, 0.6) is 5.75 Å². The van der Waals surface area contributed by atoms with Gasteiger partial charge in [-0.3, -0.25) is 0 Å². The third-order valence-corrected chi connectivity index (χ3v) is 2.51. The van der Waals surface area contributed by atoms with Crippen molar-refractivity contribution in [3.8, 4) is 5.75 Å². The number of hydrogen-bond acceptors (Lipinski definition) is 2. The van der Waals surface area contributed by atoms with Crippen molar-refractivity contribution in [2.45, 2.75) is 20.8 Å². The minimum absolute atomic E-state index is 0.118. The predicted octanol–water partition coefficient (Wildman–Crippen LogP) is 4.34. The van der Waals surface area contributed by atoms with E-state index in [1.807, 2.05) is 13.8 Å². The van der Waals surface area contributed by atoms with Gasteiger partial charge in [-0.2, -0.15) is 0 Å². The van der Waals surface area contributed by atoms with E-state index in [0.29, 0.717) is 17.3 Å². The zero-order valence-corrected chi connectivity index (χ0v) is 11.1. The Morgan fingerprint density at radius 2 is 1.74 bits per heavy atom. The summed E-state index contributed by atoms with van der Waals surface area (Å²) in [5, 5.41) is 0.321. The highest BCUT2D eigenvalue weighted by Gasteiger charge is 2.16. The molecule has 2 rings (SSSR count). The van der Waals surface area contributed by atoms with E-state index >= 15 is 0 Å². The highest BCUT2D eigenvalue weighted by atomic mass is 19.1. The highest BCUT2D eigenvalue weighted by Crippen LogP contribution is 2.35. The molecule has 0 fully saturated rings. The molecule has 0 spiro atoms. The fourth-order valence-electron chi connectivity index (χ4n) is 1.87. The Morgan fingerprint density at radius 3 is 2.32 bits per heavy atom. The quantitative estimate of drug-likeness (QED) is 0.824. The standard InChI is InChI=1S/C12H10F3NO.C2H6/c1-6-2-7(16)3-8-9(14)4-10(15)12(11(6)8)17-5-13;1-2/h2-4H,5,16H2,1H3;1-2H3. The van der Waals surface area contributed by atoms with Crippen molar-refractivity contribution in [3.63, 3.8) is 0 Å². The van der Waals surface area contributed by atoms with E-state index in [1.165, 1.54) is 6.07 Å². The van der Waals surface area contributed by atoms with Crippen molar-refractivity contribution in [2.75, 3.05) is 12.6 Å². The molecule has 0 aliphatic carbocycles. The van der Waals surface area contributed by atoms with Gasteiger partial charge in [-0.1, -0.05) is 13.8 Å². The lowest BCUT2D eigenvalue weighted by Gasteiger charge is -2.11. The molecule has 2 nitrogen and oxygen atoms in total. The Hall–Kier alpha value is -1.91. The smallest absolute Gasteiger partial charge is 0.228 e. The molecule has 0 aliphatic rings. The predicted molar refractivity (Wildman–Crippen MR) is 71.0 cm³/mol. The van der Waals surface area contributed by atoms with Crippen molar-refractivity contribution in [1.29, 1.82) is 0 Å². The van der Waals surface area contributed by atoms with Gasteiger partial charge in [0.1, 0.15) is 5.82 Å². The normalized spacial score (nSPS) is 10.0. The molecule has 0 heterocycles. The fraction of sp³-hybridized carbons (Fsp3) is 0.286. The molecule has 0 saturated carbocycles. The van der Waals surface area contributed by atoms with Crippen LogP contribution in [0.4, 0.5) is 18.9 Å².